The molecule has 12 rings (SSSR count). The van der Waals surface area contributed by atoms with Crippen molar-refractivity contribution in [3.63, 3.8) is 0 Å². The number of aliphatic hydroxyl groups excluding tert-OH is 1. The number of hydrogen-bond acceptors (Lipinski definition) is 6. The van der Waals surface area contributed by atoms with Gasteiger partial charge in [-0.15, -0.1) is 11.3 Å². The molecule has 10 aliphatic rings. The predicted molar refractivity (Wildman–Crippen MR) is 203 cm³/mol. The lowest BCUT2D eigenvalue weighted by molar-refractivity contribution is -0.175. The summed E-state index contributed by atoms with van der Waals surface area (Å²) >= 11 is 1.23. The van der Waals surface area contributed by atoms with Crippen LogP contribution < -0.4 is 0 Å². The van der Waals surface area contributed by atoms with Gasteiger partial charge in [0.15, 0.2) is 17.4 Å². The standard InChI is InChI=1S/C44H53F2NO5S2/c1-39-10-7-31(48)23-42(39)13-14-44(32(24-42)38(49)30-5-6-33(45)34(46)19-30)35(39)8-11-40(2)36(44)9-12-43(40,50)26-47(54(51,52)37-4-3-15-53-37)25-41-20-27-16-28(21-41)18-29(17-27)22-41/h3-6,13-15,19,24,27-29,31,35-36,48,50H,7-12,16-18,20-23,25-26H2,1-2H3/t27?,28?,29?,31?,35-,36-,39-,40+,41?,42+,43-,44-/m1/s1. The molecule has 6 bridgehead atoms. The highest BCUT2D eigenvalue weighted by atomic mass is 32.2. The molecule has 6 nitrogen and oxygen atoms in total. The Morgan fingerprint density at radius 1 is 0.870 bits per heavy atom. The Balaban J connectivity index is 1.06. The number of hydrogen-bond donors (Lipinski definition) is 2. The zero-order valence-corrected chi connectivity index (χ0v) is 33.0. The van der Waals surface area contributed by atoms with E-state index < -0.39 is 49.6 Å². The summed E-state index contributed by atoms with van der Waals surface area (Å²) in [5.41, 5.74) is -3.14. The van der Waals surface area contributed by atoms with Crippen LogP contribution in [0.15, 0.2) is 63.7 Å². The van der Waals surface area contributed by atoms with Crippen molar-refractivity contribution in [3.05, 3.63) is 76.7 Å². The average molecular weight is 778 g/mol. The van der Waals surface area contributed by atoms with E-state index in [1.165, 1.54) is 36.7 Å². The zero-order valence-electron chi connectivity index (χ0n) is 31.4. The van der Waals surface area contributed by atoms with Gasteiger partial charge in [-0.05, 0) is 154 Å². The van der Waals surface area contributed by atoms with E-state index in [9.17, 15) is 32.2 Å². The second-order valence-electron chi connectivity index (χ2n) is 19.9. The molecular formula is C44H53F2NO5S2. The maximum atomic E-state index is 14.8. The van der Waals surface area contributed by atoms with Gasteiger partial charge in [0.1, 0.15) is 4.21 Å². The Bertz CT molecular complexity index is 2050. The minimum Gasteiger partial charge on any atom is -0.393 e. The predicted octanol–water partition coefficient (Wildman–Crippen LogP) is 8.71. The number of ketones is 1. The number of halogens is 2. The van der Waals surface area contributed by atoms with E-state index in [1.807, 2.05) is 0 Å². The fourth-order valence-corrected chi connectivity index (χ4v) is 18.1. The first kappa shape index (κ1) is 36.1. The third-order valence-electron chi connectivity index (χ3n) is 17.3. The van der Waals surface area contributed by atoms with Crippen molar-refractivity contribution < 1.29 is 32.2 Å². The van der Waals surface area contributed by atoms with Crippen LogP contribution in [0.3, 0.4) is 0 Å². The number of carbonyl (C=O) groups is 1. The highest BCUT2D eigenvalue weighted by Gasteiger charge is 2.75. The van der Waals surface area contributed by atoms with E-state index in [0.717, 1.165) is 44.2 Å². The topological polar surface area (TPSA) is 94.9 Å². The van der Waals surface area contributed by atoms with Crippen LogP contribution in [0, 0.1) is 68.3 Å². The van der Waals surface area contributed by atoms with Crippen LogP contribution >= 0.6 is 11.3 Å². The molecule has 2 aromatic rings. The molecule has 2 spiro atoms. The molecule has 7 fully saturated rings. The number of carbonyl (C=O) groups excluding carboxylic acids is 1. The summed E-state index contributed by atoms with van der Waals surface area (Å²) in [5.74, 6) is -0.622. The number of benzene rings is 1. The number of sulfonamides is 1. The normalized spacial score (nSPS) is 45.6. The second kappa shape index (κ2) is 11.7. The van der Waals surface area contributed by atoms with Crippen molar-refractivity contribution in [1.29, 1.82) is 0 Å². The molecule has 0 radical (unpaired) electrons. The molecule has 54 heavy (non-hydrogen) atoms. The van der Waals surface area contributed by atoms with Crippen molar-refractivity contribution >= 4 is 27.1 Å². The molecule has 0 amide bonds. The van der Waals surface area contributed by atoms with E-state index in [1.54, 1.807) is 21.8 Å². The van der Waals surface area contributed by atoms with Crippen LogP contribution in [-0.4, -0.2) is 53.5 Å². The van der Waals surface area contributed by atoms with Crippen molar-refractivity contribution in [1.82, 2.24) is 4.31 Å². The summed E-state index contributed by atoms with van der Waals surface area (Å²) in [5, 5.41) is 26.1. The van der Waals surface area contributed by atoms with Gasteiger partial charge in [-0.25, -0.2) is 17.2 Å². The van der Waals surface area contributed by atoms with Gasteiger partial charge in [0, 0.05) is 40.5 Å². The number of fused-ring (bicyclic) bond motifs is 1. The summed E-state index contributed by atoms with van der Waals surface area (Å²) in [7, 11) is -3.90. The molecule has 2 N–H and O–H groups in total. The van der Waals surface area contributed by atoms with Crippen molar-refractivity contribution in [2.75, 3.05) is 13.1 Å². The Kier molecular flexibility index (Phi) is 7.81. The number of allylic oxidation sites excluding steroid dienone is 4. The van der Waals surface area contributed by atoms with E-state index in [2.05, 4.69) is 32.1 Å². The van der Waals surface area contributed by atoms with Crippen molar-refractivity contribution in [2.45, 2.75) is 113 Å². The highest BCUT2D eigenvalue weighted by Crippen LogP contribution is 2.78. The van der Waals surface area contributed by atoms with E-state index >= 15 is 0 Å². The molecule has 1 aromatic carbocycles. The number of nitrogens with zero attached hydrogens (tertiary/aromatic N) is 1. The number of thiophene rings is 1. The Morgan fingerprint density at radius 3 is 2.20 bits per heavy atom. The first-order valence-corrected chi connectivity index (χ1v) is 22.8. The van der Waals surface area contributed by atoms with Crippen LogP contribution in [0.4, 0.5) is 8.78 Å². The van der Waals surface area contributed by atoms with Gasteiger partial charge >= 0.3 is 0 Å². The summed E-state index contributed by atoms with van der Waals surface area (Å²) in [6.07, 6.45) is 17.3. The molecule has 7 saturated carbocycles. The van der Waals surface area contributed by atoms with E-state index in [-0.39, 0.29) is 40.6 Å². The minimum absolute atomic E-state index is 0.00993. The smallest absolute Gasteiger partial charge is 0.252 e. The van der Waals surface area contributed by atoms with Crippen molar-refractivity contribution in [2.24, 2.45) is 56.7 Å². The molecule has 1 unspecified atom stereocenters. The molecule has 10 heteroatoms. The lowest BCUT2D eigenvalue weighted by Crippen LogP contribution is -2.67. The monoisotopic (exact) mass is 777 g/mol. The molecule has 1 heterocycles. The number of aliphatic hydroxyl groups is 2. The molecule has 0 aliphatic heterocycles. The zero-order chi connectivity index (χ0) is 37.7. The quantitative estimate of drug-likeness (QED) is 0.207. The van der Waals surface area contributed by atoms with Gasteiger partial charge in [-0.2, -0.15) is 4.31 Å². The van der Waals surface area contributed by atoms with Crippen LogP contribution in [0.25, 0.3) is 0 Å². The first-order chi connectivity index (χ1) is 25.6. The summed E-state index contributed by atoms with van der Waals surface area (Å²) < 4.78 is 60.3. The number of Topliss-reactive ketones (excluding diaryl/α,β-unsaturated/α-hetero) is 1. The fourth-order valence-electron chi connectivity index (χ4n) is 15.3. The summed E-state index contributed by atoms with van der Waals surface area (Å²) in [6, 6.07) is 6.82. The van der Waals surface area contributed by atoms with E-state index in [4.69, 9.17) is 0 Å². The summed E-state index contributed by atoms with van der Waals surface area (Å²) in [6.45, 7) is 4.88. The third kappa shape index (κ3) is 4.75. The molecule has 8 atom stereocenters. The molecule has 0 saturated heterocycles. The average Bonchev–Trinajstić information content (AvgIpc) is 3.75. The lowest BCUT2D eigenvalue weighted by atomic mass is 9.32. The molecule has 1 aromatic heterocycles. The Labute approximate surface area is 322 Å². The minimum atomic E-state index is -3.90. The largest absolute Gasteiger partial charge is 0.393 e. The van der Waals surface area contributed by atoms with E-state index in [0.29, 0.717) is 66.2 Å². The van der Waals surface area contributed by atoms with Crippen molar-refractivity contribution in [3.8, 4) is 0 Å². The maximum absolute atomic E-state index is 14.8. The van der Waals surface area contributed by atoms with Crippen LogP contribution in [0.5, 0.6) is 0 Å². The summed E-state index contributed by atoms with van der Waals surface area (Å²) in [4.78, 5) is 14.8. The Hall–Kier alpha value is -2.24. The maximum Gasteiger partial charge on any atom is 0.252 e. The molecule has 290 valence electrons. The van der Waals surface area contributed by atoms with Gasteiger partial charge in [0.2, 0.25) is 0 Å². The van der Waals surface area contributed by atoms with Gasteiger partial charge < -0.3 is 10.2 Å². The number of rotatable bonds is 8. The highest BCUT2D eigenvalue weighted by molar-refractivity contribution is 7.91. The Morgan fingerprint density at radius 2 is 1.54 bits per heavy atom. The van der Waals surface area contributed by atoms with Gasteiger partial charge in [0.25, 0.3) is 10.0 Å². The van der Waals surface area contributed by atoms with Crippen LogP contribution in [0.1, 0.15) is 108 Å². The lowest BCUT2D eigenvalue weighted by Gasteiger charge is -2.71. The van der Waals surface area contributed by atoms with Crippen LogP contribution in [0.2, 0.25) is 0 Å². The first-order valence-electron chi connectivity index (χ1n) is 20.4. The van der Waals surface area contributed by atoms with Crippen LogP contribution in [-0.2, 0) is 10.0 Å². The SMILES string of the molecule is C[C@]12CC[C@H]3[C@]4(C=C[C@@]5(C=C4C(=O)c4ccc(F)c(F)c4)CC(O)CC[C@]35C)[C@@H]1CC[C@@]2(O)CN(CC12CC3CC(CC(C3)C1)C2)S(=O)(=O)c1cccs1. The fraction of sp³-hybridized carbons (Fsp3) is 0.659. The second-order valence-corrected chi connectivity index (χ2v) is 23.0. The van der Waals surface area contributed by atoms with Gasteiger partial charge in [0.05, 0.1) is 11.7 Å². The molecule has 10 aliphatic carbocycles. The van der Waals surface area contributed by atoms with Gasteiger partial charge in [-0.3, -0.25) is 4.79 Å². The third-order valence-corrected chi connectivity index (χ3v) is 20.5. The molecular weight excluding hydrogens is 725 g/mol. The van der Waals surface area contributed by atoms with Gasteiger partial charge in [-0.1, -0.05) is 38.1 Å².